The van der Waals surface area contributed by atoms with Crippen molar-refractivity contribution in [1.29, 1.82) is 0 Å². The zero-order valence-electron chi connectivity index (χ0n) is 18.1. The van der Waals surface area contributed by atoms with Crippen LogP contribution in [0.3, 0.4) is 0 Å². The van der Waals surface area contributed by atoms with Crippen molar-refractivity contribution >= 4 is 22.9 Å². The highest BCUT2D eigenvalue weighted by Gasteiger charge is 2.40. The largest absolute Gasteiger partial charge is 0.492 e. The van der Waals surface area contributed by atoms with Crippen LogP contribution in [-0.2, 0) is 4.79 Å². The second kappa shape index (κ2) is 7.97. The molecule has 6 heteroatoms. The van der Waals surface area contributed by atoms with Gasteiger partial charge in [0.2, 0.25) is 0 Å². The number of methoxy groups -OCH3 is 1. The molecule has 0 radical (unpaired) electrons. The Bertz CT molecular complexity index is 906. The lowest BCUT2D eigenvalue weighted by Gasteiger charge is -2.34. The Hall–Kier alpha value is -2.50. The lowest BCUT2D eigenvalue weighted by Crippen LogP contribution is -2.29. The Kier molecular flexibility index (Phi) is 5.51. The van der Waals surface area contributed by atoms with E-state index in [1.807, 2.05) is 4.90 Å². The summed E-state index contributed by atoms with van der Waals surface area (Å²) in [5, 5.41) is 9.62. The fourth-order valence-corrected chi connectivity index (χ4v) is 4.89. The van der Waals surface area contributed by atoms with Crippen LogP contribution in [0.25, 0.3) is 5.57 Å². The number of halogens is 1. The van der Waals surface area contributed by atoms with Gasteiger partial charge < -0.3 is 19.6 Å². The second-order valence-corrected chi connectivity index (χ2v) is 8.89. The first-order valence-electron chi connectivity index (χ1n) is 11.0. The monoisotopic (exact) mass is 414 g/mol. The van der Waals surface area contributed by atoms with Gasteiger partial charge in [-0.15, -0.1) is 0 Å². The molecule has 1 aromatic carbocycles. The predicted octanol–water partition coefficient (Wildman–Crippen LogP) is 5.06. The first-order chi connectivity index (χ1) is 14.4. The Morgan fingerprint density at radius 1 is 1.33 bits per heavy atom. The summed E-state index contributed by atoms with van der Waals surface area (Å²) < 4.78 is 21.3. The van der Waals surface area contributed by atoms with Gasteiger partial charge in [-0.3, -0.25) is 0 Å². The number of hydrogen-bond donors (Lipinski definition) is 1. The second-order valence-electron chi connectivity index (χ2n) is 8.89. The van der Waals surface area contributed by atoms with Gasteiger partial charge >= 0.3 is 5.97 Å². The van der Waals surface area contributed by atoms with Crippen LogP contribution in [0.1, 0.15) is 51.5 Å². The summed E-state index contributed by atoms with van der Waals surface area (Å²) >= 11 is 0. The SMILES string of the molecule is C=C1C(C(=O)O)=CN(C2CC2)c2c1cc(F)c(N1C[C@H](CCCC)[C@H](C)C1)c2OC. The van der Waals surface area contributed by atoms with Crippen LogP contribution in [0.5, 0.6) is 5.75 Å². The van der Waals surface area contributed by atoms with E-state index in [1.165, 1.54) is 12.5 Å². The third-order valence-electron chi connectivity index (χ3n) is 6.75. The lowest BCUT2D eigenvalue weighted by atomic mass is 9.92. The molecule has 0 amide bonds. The molecule has 2 fully saturated rings. The molecular weight excluding hydrogens is 383 g/mol. The van der Waals surface area contributed by atoms with E-state index >= 15 is 4.39 Å². The van der Waals surface area contributed by atoms with Crippen molar-refractivity contribution < 1.29 is 19.0 Å². The van der Waals surface area contributed by atoms with Crippen molar-refractivity contribution in [3.63, 3.8) is 0 Å². The molecule has 4 rings (SSSR count). The molecule has 2 heterocycles. The normalized spacial score (nSPS) is 23.5. The smallest absolute Gasteiger partial charge is 0.337 e. The average Bonchev–Trinajstić information content (AvgIpc) is 3.48. The van der Waals surface area contributed by atoms with Crippen molar-refractivity contribution in [3.8, 4) is 5.75 Å². The van der Waals surface area contributed by atoms with Crippen LogP contribution in [0.4, 0.5) is 15.8 Å². The average molecular weight is 415 g/mol. The number of anilines is 2. The lowest BCUT2D eigenvalue weighted by molar-refractivity contribution is -0.132. The molecule has 1 N–H and O–H groups in total. The maximum atomic E-state index is 15.5. The van der Waals surface area contributed by atoms with Gasteiger partial charge in [0.25, 0.3) is 0 Å². The number of aliphatic carboxylic acids is 1. The van der Waals surface area contributed by atoms with Crippen molar-refractivity contribution in [3.05, 3.63) is 35.8 Å². The summed E-state index contributed by atoms with van der Waals surface area (Å²) in [5.74, 6) is 0.0919. The van der Waals surface area contributed by atoms with Gasteiger partial charge in [-0.25, -0.2) is 9.18 Å². The van der Waals surface area contributed by atoms with Crippen molar-refractivity contribution in [1.82, 2.24) is 0 Å². The van der Waals surface area contributed by atoms with Crippen LogP contribution in [0.15, 0.2) is 24.4 Å². The zero-order valence-corrected chi connectivity index (χ0v) is 18.1. The minimum atomic E-state index is -1.05. The van der Waals surface area contributed by atoms with Crippen molar-refractivity contribution in [2.75, 3.05) is 30.0 Å². The molecule has 0 unspecified atom stereocenters. The number of carbonyl (C=O) groups is 1. The Morgan fingerprint density at radius 2 is 2.07 bits per heavy atom. The summed E-state index contributed by atoms with van der Waals surface area (Å²) in [5.41, 5.74) is 2.19. The molecule has 30 heavy (non-hydrogen) atoms. The van der Waals surface area contributed by atoms with E-state index in [4.69, 9.17) is 4.74 Å². The van der Waals surface area contributed by atoms with E-state index in [9.17, 15) is 9.90 Å². The molecule has 0 aromatic heterocycles. The molecule has 162 valence electrons. The van der Waals surface area contributed by atoms with Gasteiger partial charge in [-0.05, 0) is 42.7 Å². The van der Waals surface area contributed by atoms with E-state index < -0.39 is 5.97 Å². The first kappa shape index (κ1) is 20.8. The number of benzene rings is 1. The fourth-order valence-electron chi connectivity index (χ4n) is 4.89. The number of nitrogens with zero attached hydrogens (tertiary/aromatic N) is 2. The molecule has 0 spiro atoms. The maximum Gasteiger partial charge on any atom is 0.337 e. The minimum Gasteiger partial charge on any atom is -0.492 e. The predicted molar refractivity (Wildman–Crippen MR) is 118 cm³/mol. The maximum absolute atomic E-state index is 15.5. The van der Waals surface area contributed by atoms with Gasteiger partial charge in [0, 0.05) is 30.9 Å². The van der Waals surface area contributed by atoms with Crippen LogP contribution >= 0.6 is 0 Å². The van der Waals surface area contributed by atoms with Gasteiger partial charge in [0.15, 0.2) is 11.6 Å². The quantitative estimate of drug-likeness (QED) is 0.676. The van der Waals surface area contributed by atoms with Gasteiger partial charge in [-0.2, -0.15) is 0 Å². The Morgan fingerprint density at radius 3 is 2.67 bits per heavy atom. The molecule has 2 atom stereocenters. The number of fused-ring (bicyclic) bond motifs is 1. The highest BCUT2D eigenvalue weighted by Crippen LogP contribution is 2.52. The van der Waals surface area contributed by atoms with Gasteiger partial charge in [-0.1, -0.05) is 33.3 Å². The molecule has 3 aliphatic rings. The van der Waals surface area contributed by atoms with E-state index in [-0.39, 0.29) is 17.4 Å². The summed E-state index contributed by atoms with van der Waals surface area (Å²) in [6, 6.07) is 1.67. The molecular formula is C24H31FN2O3. The van der Waals surface area contributed by atoms with Gasteiger partial charge in [0.05, 0.1) is 18.4 Å². The van der Waals surface area contributed by atoms with Crippen LogP contribution < -0.4 is 14.5 Å². The number of rotatable bonds is 7. The van der Waals surface area contributed by atoms with Crippen LogP contribution in [-0.4, -0.2) is 37.3 Å². The number of ether oxygens (including phenoxy) is 1. The molecule has 0 bridgehead atoms. The van der Waals surface area contributed by atoms with Crippen LogP contribution in [0.2, 0.25) is 0 Å². The summed E-state index contributed by atoms with van der Waals surface area (Å²) in [6.45, 7) is 10.0. The molecule has 2 aliphatic heterocycles. The molecule has 1 saturated carbocycles. The highest BCUT2D eigenvalue weighted by atomic mass is 19.1. The van der Waals surface area contributed by atoms with Crippen molar-refractivity contribution in [2.24, 2.45) is 11.8 Å². The zero-order chi connectivity index (χ0) is 21.6. The molecule has 1 saturated heterocycles. The first-order valence-corrected chi connectivity index (χ1v) is 11.0. The minimum absolute atomic E-state index is 0.109. The molecule has 5 nitrogen and oxygen atoms in total. The molecule has 1 aromatic rings. The van der Waals surface area contributed by atoms with Crippen molar-refractivity contribution in [2.45, 2.75) is 52.0 Å². The van der Waals surface area contributed by atoms with E-state index in [1.54, 1.807) is 13.3 Å². The number of hydrogen-bond acceptors (Lipinski definition) is 4. The summed E-state index contributed by atoms with van der Waals surface area (Å²) in [4.78, 5) is 15.8. The van der Waals surface area contributed by atoms with E-state index in [0.29, 0.717) is 34.4 Å². The number of carboxylic acid groups (broad SMARTS) is 1. The van der Waals surface area contributed by atoms with Gasteiger partial charge in [0.1, 0.15) is 5.69 Å². The number of unbranched alkanes of at least 4 members (excludes halogenated alkanes) is 1. The third kappa shape index (κ3) is 3.46. The third-order valence-corrected chi connectivity index (χ3v) is 6.75. The Balaban J connectivity index is 1.79. The van der Waals surface area contributed by atoms with E-state index in [2.05, 4.69) is 25.3 Å². The molecule has 1 aliphatic carbocycles. The standard InChI is InChI=1S/C24H31FN2O3/c1-5-6-7-16-12-26(11-14(16)2)22-20(25)10-18-15(3)19(24(28)29)13-27(17-8-9-17)21(18)23(22)30-4/h10,13-14,16-17H,3,5-9,11-12H2,1-2,4H3,(H,28,29)/t14-,16+/m1/s1. The summed E-state index contributed by atoms with van der Waals surface area (Å²) in [7, 11) is 1.57. The summed E-state index contributed by atoms with van der Waals surface area (Å²) in [6.07, 6.45) is 7.10. The topological polar surface area (TPSA) is 53.0 Å². The fraction of sp³-hybridized carbons (Fsp3) is 0.542. The Labute approximate surface area is 177 Å². The van der Waals surface area contributed by atoms with Crippen LogP contribution in [0, 0.1) is 17.7 Å². The highest BCUT2D eigenvalue weighted by molar-refractivity contribution is 6.09. The van der Waals surface area contributed by atoms with E-state index in [0.717, 1.165) is 44.5 Å². The number of carboxylic acids is 1.